The van der Waals surface area contributed by atoms with Gasteiger partial charge in [-0.25, -0.2) is 4.98 Å². The van der Waals surface area contributed by atoms with Gasteiger partial charge in [0.1, 0.15) is 11.9 Å². The van der Waals surface area contributed by atoms with E-state index in [9.17, 15) is 5.26 Å². The largest absolute Gasteiger partial charge is 0.362 e. The Morgan fingerprint density at radius 2 is 1.78 bits per heavy atom. The van der Waals surface area contributed by atoms with Crippen molar-refractivity contribution in [1.82, 2.24) is 9.88 Å². The number of rotatable bonds is 6. The van der Waals surface area contributed by atoms with Crippen LogP contribution in [0.3, 0.4) is 0 Å². The molecule has 4 rings (SSSR count). The number of para-hydroxylation sites is 1. The number of nitriles is 1. The van der Waals surface area contributed by atoms with Crippen LogP contribution in [0.4, 0.5) is 5.82 Å². The highest BCUT2D eigenvalue weighted by Gasteiger charge is 2.18. The van der Waals surface area contributed by atoms with Crippen molar-refractivity contribution in [3.8, 4) is 6.07 Å². The molecule has 27 heavy (non-hydrogen) atoms. The number of benzene rings is 2. The van der Waals surface area contributed by atoms with Gasteiger partial charge in [-0.3, -0.25) is 0 Å². The molecule has 1 atom stereocenters. The zero-order valence-electron chi connectivity index (χ0n) is 15.4. The first kappa shape index (κ1) is 17.5. The van der Waals surface area contributed by atoms with E-state index in [-0.39, 0.29) is 6.04 Å². The molecule has 0 aliphatic carbocycles. The number of aromatic nitrogens is 1. The first-order chi connectivity index (χ1) is 13.3. The van der Waals surface area contributed by atoms with E-state index >= 15 is 0 Å². The van der Waals surface area contributed by atoms with Crippen LogP contribution in [0.5, 0.6) is 0 Å². The van der Waals surface area contributed by atoms with Crippen molar-refractivity contribution in [2.45, 2.75) is 25.3 Å². The maximum absolute atomic E-state index is 9.63. The summed E-state index contributed by atoms with van der Waals surface area (Å²) < 4.78 is 0. The fourth-order valence-electron chi connectivity index (χ4n) is 3.80. The zero-order chi connectivity index (χ0) is 18.5. The fourth-order valence-corrected chi connectivity index (χ4v) is 3.80. The molecule has 0 spiro atoms. The van der Waals surface area contributed by atoms with E-state index in [1.165, 1.54) is 31.5 Å². The van der Waals surface area contributed by atoms with Gasteiger partial charge in [0.05, 0.1) is 17.1 Å². The summed E-state index contributed by atoms with van der Waals surface area (Å²) in [5.74, 6) is 0.673. The van der Waals surface area contributed by atoms with Crippen LogP contribution in [0, 0.1) is 11.3 Å². The van der Waals surface area contributed by atoms with E-state index in [1.807, 2.05) is 36.4 Å². The summed E-state index contributed by atoms with van der Waals surface area (Å²) in [5.41, 5.74) is 2.73. The number of nitrogens with one attached hydrogen (secondary N) is 1. The lowest BCUT2D eigenvalue weighted by molar-refractivity contribution is 0.325. The van der Waals surface area contributed by atoms with Crippen LogP contribution in [0.25, 0.3) is 10.9 Å². The van der Waals surface area contributed by atoms with Crippen LogP contribution in [0.2, 0.25) is 0 Å². The lowest BCUT2D eigenvalue weighted by Gasteiger charge is -2.23. The zero-order valence-corrected chi connectivity index (χ0v) is 15.4. The molecule has 0 saturated carbocycles. The summed E-state index contributed by atoms with van der Waals surface area (Å²) in [5, 5.41) is 14.2. The third-order valence-electron chi connectivity index (χ3n) is 5.29. The first-order valence-corrected chi connectivity index (χ1v) is 9.67. The summed E-state index contributed by atoms with van der Waals surface area (Å²) in [6, 6.07) is 22.8. The monoisotopic (exact) mass is 356 g/mol. The average Bonchev–Trinajstić information content (AvgIpc) is 3.24. The quantitative estimate of drug-likeness (QED) is 0.693. The smallest absolute Gasteiger partial charge is 0.145 e. The molecule has 1 aliphatic heterocycles. The number of fused-ring (bicyclic) bond motifs is 1. The van der Waals surface area contributed by atoms with Gasteiger partial charge in [0.15, 0.2) is 0 Å². The Morgan fingerprint density at radius 3 is 2.56 bits per heavy atom. The molecule has 1 N–H and O–H groups in total. The Hall–Kier alpha value is -2.90. The molecule has 4 nitrogen and oxygen atoms in total. The predicted octanol–water partition coefficient (Wildman–Crippen LogP) is 4.75. The van der Waals surface area contributed by atoms with Gasteiger partial charge < -0.3 is 10.2 Å². The van der Waals surface area contributed by atoms with Gasteiger partial charge in [-0.05, 0) is 50.0 Å². The number of anilines is 1. The molecule has 0 bridgehead atoms. The average molecular weight is 356 g/mol. The van der Waals surface area contributed by atoms with Crippen LogP contribution < -0.4 is 5.32 Å². The highest BCUT2D eigenvalue weighted by molar-refractivity contribution is 5.82. The summed E-state index contributed by atoms with van der Waals surface area (Å²) >= 11 is 0. The number of hydrogen-bond donors (Lipinski definition) is 1. The third-order valence-corrected chi connectivity index (χ3v) is 5.29. The van der Waals surface area contributed by atoms with Crippen molar-refractivity contribution in [2.24, 2.45) is 0 Å². The summed E-state index contributed by atoms with van der Waals surface area (Å²) in [6.45, 7) is 3.44. The molecular weight excluding hydrogens is 332 g/mol. The van der Waals surface area contributed by atoms with E-state index in [4.69, 9.17) is 4.98 Å². The van der Waals surface area contributed by atoms with Crippen LogP contribution in [0.15, 0.2) is 60.7 Å². The Bertz CT molecular complexity index is 939. The minimum atomic E-state index is 0.132. The SMILES string of the molecule is N#Cc1cc2ccccc2nc1N[C@H](CCN1CCCC1)c1ccccc1. The van der Waals surface area contributed by atoms with Crippen LogP contribution in [-0.2, 0) is 0 Å². The first-order valence-electron chi connectivity index (χ1n) is 9.67. The second-order valence-electron chi connectivity index (χ2n) is 7.13. The molecule has 3 aromatic rings. The molecule has 2 aromatic carbocycles. The molecule has 2 heterocycles. The van der Waals surface area contributed by atoms with Crippen LogP contribution >= 0.6 is 0 Å². The summed E-state index contributed by atoms with van der Waals surface area (Å²) in [7, 11) is 0. The Morgan fingerprint density at radius 1 is 1.04 bits per heavy atom. The fraction of sp³-hybridized carbons (Fsp3) is 0.304. The molecule has 0 unspecified atom stereocenters. The number of pyridine rings is 1. The number of nitrogens with zero attached hydrogens (tertiary/aromatic N) is 3. The van der Waals surface area contributed by atoms with Gasteiger partial charge in [-0.2, -0.15) is 5.26 Å². The van der Waals surface area contributed by atoms with Crippen molar-refractivity contribution >= 4 is 16.7 Å². The minimum absolute atomic E-state index is 0.132. The Labute approximate surface area is 160 Å². The molecular formula is C23H24N4. The molecule has 136 valence electrons. The van der Waals surface area contributed by atoms with E-state index in [2.05, 4.69) is 40.6 Å². The van der Waals surface area contributed by atoms with Crippen molar-refractivity contribution in [3.05, 3.63) is 71.8 Å². The normalized spacial score (nSPS) is 15.5. The van der Waals surface area contributed by atoms with E-state index < -0.39 is 0 Å². The third kappa shape index (κ3) is 4.10. The molecule has 1 aliphatic rings. The van der Waals surface area contributed by atoms with Gasteiger partial charge in [0, 0.05) is 11.9 Å². The van der Waals surface area contributed by atoms with Gasteiger partial charge in [0.25, 0.3) is 0 Å². The van der Waals surface area contributed by atoms with Crippen molar-refractivity contribution in [1.29, 1.82) is 5.26 Å². The van der Waals surface area contributed by atoms with Gasteiger partial charge in [-0.1, -0.05) is 48.5 Å². The summed E-state index contributed by atoms with van der Waals surface area (Å²) in [6.07, 6.45) is 3.59. The molecule has 0 radical (unpaired) electrons. The Balaban J connectivity index is 1.62. The molecule has 1 fully saturated rings. The second kappa shape index (κ2) is 8.20. The number of likely N-dealkylation sites (tertiary alicyclic amines) is 1. The molecule has 4 heteroatoms. The summed E-state index contributed by atoms with van der Waals surface area (Å²) in [4.78, 5) is 7.27. The lowest BCUT2D eigenvalue weighted by atomic mass is 10.0. The second-order valence-corrected chi connectivity index (χ2v) is 7.13. The Kier molecular flexibility index (Phi) is 5.32. The van der Waals surface area contributed by atoms with E-state index in [0.717, 1.165) is 23.9 Å². The van der Waals surface area contributed by atoms with Crippen LogP contribution in [0.1, 0.15) is 36.4 Å². The van der Waals surface area contributed by atoms with Gasteiger partial charge in [-0.15, -0.1) is 0 Å². The minimum Gasteiger partial charge on any atom is -0.362 e. The molecule has 0 amide bonds. The van der Waals surface area contributed by atoms with Gasteiger partial charge >= 0.3 is 0 Å². The van der Waals surface area contributed by atoms with E-state index in [1.54, 1.807) is 0 Å². The highest BCUT2D eigenvalue weighted by Crippen LogP contribution is 2.27. The topological polar surface area (TPSA) is 52.0 Å². The van der Waals surface area contributed by atoms with Gasteiger partial charge in [0.2, 0.25) is 0 Å². The van der Waals surface area contributed by atoms with Crippen LogP contribution in [-0.4, -0.2) is 29.5 Å². The van der Waals surface area contributed by atoms with Crippen molar-refractivity contribution in [2.75, 3.05) is 25.0 Å². The maximum atomic E-state index is 9.63. The standard InChI is InChI=1S/C23H24N4/c24-17-20-16-19-10-4-5-11-21(19)25-23(20)26-22(18-8-2-1-3-9-18)12-15-27-13-6-7-14-27/h1-5,8-11,16,22H,6-7,12-15H2,(H,25,26)/t22-/m1/s1. The predicted molar refractivity (Wildman–Crippen MR) is 110 cm³/mol. The van der Waals surface area contributed by atoms with E-state index in [0.29, 0.717) is 11.4 Å². The lowest BCUT2D eigenvalue weighted by Crippen LogP contribution is -2.24. The van der Waals surface area contributed by atoms with Crippen molar-refractivity contribution < 1.29 is 0 Å². The maximum Gasteiger partial charge on any atom is 0.145 e. The highest BCUT2D eigenvalue weighted by atomic mass is 15.1. The molecule has 1 aromatic heterocycles. The number of hydrogen-bond acceptors (Lipinski definition) is 4. The van der Waals surface area contributed by atoms with Crippen molar-refractivity contribution in [3.63, 3.8) is 0 Å². The molecule has 1 saturated heterocycles.